The summed E-state index contributed by atoms with van der Waals surface area (Å²) >= 11 is 6.06. The van der Waals surface area contributed by atoms with Crippen LogP contribution in [0.1, 0.15) is 30.5 Å². The molecule has 0 spiro atoms. The lowest BCUT2D eigenvalue weighted by Crippen LogP contribution is -2.25. The molecule has 1 N–H and O–H groups in total. The standard InChI is InChI=1S/C13H18ClNO/c1-2-6-15-13-9-16-7-5-10-3-4-11(14)8-12(10)13/h3-4,8,13,15H,2,5-7,9H2,1H3. The van der Waals surface area contributed by atoms with E-state index in [4.69, 9.17) is 16.3 Å². The van der Waals surface area contributed by atoms with Gasteiger partial charge in [-0.2, -0.15) is 0 Å². The van der Waals surface area contributed by atoms with Crippen LogP contribution < -0.4 is 5.32 Å². The van der Waals surface area contributed by atoms with E-state index in [-0.39, 0.29) is 6.04 Å². The Hall–Kier alpha value is -0.570. The summed E-state index contributed by atoms with van der Waals surface area (Å²) in [6.07, 6.45) is 2.11. The van der Waals surface area contributed by atoms with E-state index in [9.17, 15) is 0 Å². The highest BCUT2D eigenvalue weighted by atomic mass is 35.5. The zero-order chi connectivity index (χ0) is 11.4. The van der Waals surface area contributed by atoms with Crippen molar-refractivity contribution in [2.75, 3.05) is 19.8 Å². The number of rotatable bonds is 3. The van der Waals surface area contributed by atoms with Gasteiger partial charge in [-0.3, -0.25) is 0 Å². The first kappa shape index (κ1) is 11.9. The van der Waals surface area contributed by atoms with Gasteiger partial charge in [-0.05, 0) is 42.6 Å². The first-order valence-electron chi connectivity index (χ1n) is 5.90. The number of hydrogen-bond donors (Lipinski definition) is 1. The van der Waals surface area contributed by atoms with Crippen molar-refractivity contribution in [3.8, 4) is 0 Å². The molecule has 0 amide bonds. The molecule has 1 aromatic carbocycles. The van der Waals surface area contributed by atoms with Gasteiger partial charge in [-0.15, -0.1) is 0 Å². The van der Waals surface area contributed by atoms with Gasteiger partial charge in [0.05, 0.1) is 19.3 Å². The van der Waals surface area contributed by atoms with E-state index in [2.05, 4.69) is 24.4 Å². The molecule has 0 saturated carbocycles. The lowest BCUT2D eigenvalue weighted by Gasteiger charge is -2.18. The molecule has 3 heteroatoms. The van der Waals surface area contributed by atoms with Crippen molar-refractivity contribution >= 4 is 11.6 Å². The van der Waals surface area contributed by atoms with Crippen LogP contribution in [-0.4, -0.2) is 19.8 Å². The number of hydrogen-bond acceptors (Lipinski definition) is 2. The molecule has 16 heavy (non-hydrogen) atoms. The summed E-state index contributed by atoms with van der Waals surface area (Å²) in [7, 11) is 0. The Morgan fingerprint density at radius 3 is 3.19 bits per heavy atom. The lowest BCUT2D eigenvalue weighted by atomic mass is 9.99. The maximum atomic E-state index is 6.06. The second kappa shape index (κ2) is 5.67. The summed E-state index contributed by atoms with van der Waals surface area (Å²) in [5, 5.41) is 4.32. The third kappa shape index (κ3) is 2.76. The van der Waals surface area contributed by atoms with Gasteiger partial charge >= 0.3 is 0 Å². The van der Waals surface area contributed by atoms with Crippen LogP contribution in [0.3, 0.4) is 0 Å². The van der Waals surface area contributed by atoms with E-state index >= 15 is 0 Å². The van der Waals surface area contributed by atoms with Crippen molar-refractivity contribution in [1.82, 2.24) is 5.32 Å². The summed E-state index contributed by atoms with van der Waals surface area (Å²) in [6.45, 7) is 4.73. The van der Waals surface area contributed by atoms with Crippen LogP contribution >= 0.6 is 11.6 Å². The molecule has 1 heterocycles. The molecule has 0 aromatic heterocycles. The monoisotopic (exact) mass is 239 g/mol. The molecule has 0 bridgehead atoms. The predicted octanol–water partition coefficient (Wildman–Crippen LogP) is 2.95. The summed E-state index contributed by atoms with van der Waals surface area (Å²) in [6, 6.07) is 6.44. The van der Waals surface area contributed by atoms with Crippen molar-refractivity contribution in [2.24, 2.45) is 0 Å². The Morgan fingerprint density at radius 1 is 1.50 bits per heavy atom. The van der Waals surface area contributed by atoms with Crippen molar-refractivity contribution in [2.45, 2.75) is 25.8 Å². The molecule has 1 aliphatic heterocycles. The fourth-order valence-corrected chi connectivity index (χ4v) is 2.26. The van der Waals surface area contributed by atoms with Crippen molar-refractivity contribution in [3.05, 3.63) is 34.3 Å². The molecular formula is C13H18ClNO. The van der Waals surface area contributed by atoms with Crippen LogP contribution in [0, 0.1) is 0 Å². The Balaban J connectivity index is 2.24. The first-order valence-corrected chi connectivity index (χ1v) is 6.28. The second-order valence-electron chi connectivity index (χ2n) is 4.17. The largest absolute Gasteiger partial charge is 0.379 e. The number of benzene rings is 1. The number of ether oxygens (including phenoxy) is 1. The molecule has 88 valence electrons. The maximum absolute atomic E-state index is 6.06. The first-order chi connectivity index (χ1) is 7.81. The highest BCUT2D eigenvalue weighted by molar-refractivity contribution is 6.30. The third-order valence-electron chi connectivity index (χ3n) is 2.92. The molecule has 0 saturated heterocycles. The predicted molar refractivity (Wildman–Crippen MR) is 67.0 cm³/mol. The van der Waals surface area contributed by atoms with Gasteiger partial charge in [0, 0.05) is 5.02 Å². The Bertz CT molecular complexity index is 354. The van der Waals surface area contributed by atoms with E-state index in [1.165, 1.54) is 11.1 Å². The number of fused-ring (bicyclic) bond motifs is 1. The molecule has 0 aliphatic carbocycles. The number of nitrogens with one attached hydrogen (secondary N) is 1. The topological polar surface area (TPSA) is 21.3 Å². The summed E-state index contributed by atoms with van der Waals surface area (Å²) in [4.78, 5) is 0. The van der Waals surface area contributed by atoms with Crippen LogP contribution in [-0.2, 0) is 11.2 Å². The van der Waals surface area contributed by atoms with E-state index < -0.39 is 0 Å². The zero-order valence-corrected chi connectivity index (χ0v) is 10.4. The van der Waals surface area contributed by atoms with Crippen LogP contribution in [0.5, 0.6) is 0 Å². The maximum Gasteiger partial charge on any atom is 0.0661 e. The van der Waals surface area contributed by atoms with Gasteiger partial charge in [0.2, 0.25) is 0 Å². The van der Waals surface area contributed by atoms with Gasteiger partial charge in [-0.25, -0.2) is 0 Å². The molecule has 2 nitrogen and oxygen atoms in total. The van der Waals surface area contributed by atoms with Crippen molar-refractivity contribution in [1.29, 1.82) is 0 Å². The van der Waals surface area contributed by atoms with Crippen LogP contribution in [0.15, 0.2) is 18.2 Å². The average Bonchev–Trinajstić information content (AvgIpc) is 2.48. The fraction of sp³-hybridized carbons (Fsp3) is 0.538. The van der Waals surface area contributed by atoms with Crippen molar-refractivity contribution in [3.63, 3.8) is 0 Å². The highest BCUT2D eigenvalue weighted by Gasteiger charge is 2.18. The summed E-state index contributed by atoms with van der Waals surface area (Å²) < 4.78 is 5.62. The SMILES string of the molecule is CCCNC1COCCc2ccc(Cl)cc21. The molecule has 0 radical (unpaired) electrons. The number of halogens is 1. The normalized spacial score (nSPS) is 20.2. The van der Waals surface area contributed by atoms with Gasteiger partial charge < -0.3 is 10.1 Å². The minimum atomic E-state index is 0.288. The minimum Gasteiger partial charge on any atom is -0.379 e. The smallest absolute Gasteiger partial charge is 0.0661 e. The highest BCUT2D eigenvalue weighted by Crippen LogP contribution is 2.25. The van der Waals surface area contributed by atoms with Crippen LogP contribution in [0.4, 0.5) is 0 Å². The Morgan fingerprint density at radius 2 is 2.38 bits per heavy atom. The van der Waals surface area contributed by atoms with Gasteiger partial charge in [0.25, 0.3) is 0 Å². The summed E-state index contributed by atoms with van der Waals surface area (Å²) in [5.74, 6) is 0. The van der Waals surface area contributed by atoms with Gasteiger partial charge in [0.1, 0.15) is 0 Å². The molecule has 1 atom stereocenters. The molecule has 1 aliphatic rings. The third-order valence-corrected chi connectivity index (χ3v) is 3.16. The quantitative estimate of drug-likeness (QED) is 0.876. The van der Waals surface area contributed by atoms with E-state index in [1.54, 1.807) is 0 Å². The minimum absolute atomic E-state index is 0.288. The van der Waals surface area contributed by atoms with E-state index in [0.717, 1.165) is 37.6 Å². The van der Waals surface area contributed by atoms with Crippen molar-refractivity contribution < 1.29 is 4.74 Å². The van der Waals surface area contributed by atoms with E-state index in [0.29, 0.717) is 0 Å². The second-order valence-corrected chi connectivity index (χ2v) is 4.61. The van der Waals surface area contributed by atoms with Gasteiger partial charge in [-0.1, -0.05) is 24.6 Å². The molecule has 0 fully saturated rings. The Labute approximate surface area is 102 Å². The molecule has 1 aromatic rings. The Kier molecular flexibility index (Phi) is 4.22. The lowest BCUT2D eigenvalue weighted by molar-refractivity contribution is 0.121. The fourth-order valence-electron chi connectivity index (χ4n) is 2.08. The average molecular weight is 240 g/mol. The molecule has 2 rings (SSSR count). The zero-order valence-electron chi connectivity index (χ0n) is 9.63. The van der Waals surface area contributed by atoms with Gasteiger partial charge in [0.15, 0.2) is 0 Å². The summed E-state index contributed by atoms with van der Waals surface area (Å²) in [5.41, 5.74) is 2.66. The van der Waals surface area contributed by atoms with Crippen LogP contribution in [0.2, 0.25) is 5.02 Å². The molecular weight excluding hydrogens is 222 g/mol. The molecule has 1 unspecified atom stereocenters. The van der Waals surface area contributed by atoms with Crippen LogP contribution in [0.25, 0.3) is 0 Å². The van der Waals surface area contributed by atoms with E-state index in [1.807, 2.05) is 6.07 Å².